The van der Waals surface area contributed by atoms with Crippen LogP contribution in [0.4, 0.5) is 0 Å². The quantitative estimate of drug-likeness (QED) is 0.738. The van der Waals surface area contributed by atoms with Crippen molar-refractivity contribution in [1.29, 1.82) is 5.26 Å². The minimum atomic E-state index is -0.368. The van der Waals surface area contributed by atoms with E-state index in [0.717, 1.165) is 32.2 Å². The second kappa shape index (κ2) is 6.95. The van der Waals surface area contributed by atoms with Crippen molar-refractivity contribution in [3.8, 4) is 6.07 Å². The molecule has 0 heterocycles. The molecule has 0 spiro atoms. The van der Waals surface area contributed by atoms with Crippen LogP contribution in [0.2, 0.25) is 0 Å². The van der Waals surface area contributed by atoms with Crippen LogP contribution in [0.5, 0.6) is 0 Å². The Kier molecular flexibility index (Phi) is 5.90. The van der Waals surface area contributed by atoms with Gasteiger partial charge in [0, 0.05) is 13.5 Å². The van der Waals surface area contributed by atoms with Crippen LogP contribution in [-0.2, 0) is 9.47 Å². The average Bonchev–Trinajstić information content (AvgIpc) is 2.71. The lowest BCUT2D eigenvalue weighted by Gasteiger charge is -2.23. The molecule has 1 aliphatic carbocycles. The molecule has 0 radical (unpaired) electrons. The van der Waals surface area contributed by atoms with Gasteiger partial charge in [-0.2, -0.15) is 5.26 Å². The molecule has 1 fully saturated rings. The average molecular weight is 240 g/mol. The number of ether oxygens (including phenoxy) is 2. The molecule has 3 unspecified atom stereocenters. The van der Waals surface area contributed by atoms with Crippen molar-refractivity contribution in [2.24, 2.45) is 0 Å². The van der Waals surface area contributed by atoms with Gasteiger partial charge in [-0.1, -0.05) is 6.92 Å². The van der Waals surface area contributed by atoms with Crippen LogP contribution in [-0.4, -0.2) is 38.0 Å². The Morgan fingerprint density at radius 1 is 1.59 bits per heavy atom. The lowest BCUT2D eigenvalue weighted by molar-refractivity contribution is -0.0370. The van der Waals surface area contributed by atoms with Gasteiger partial charge in [-0.25, -0.2) is 0 Å². The van der Waals surface area contributed by atoms with E-state index in [9.17, 15) is 5.26 Å². The van der Waals surface area contributed by atoms with Crippen LogP contribution in [0, 0.1) is 11.3 Å². The summed E-state index contributed by atoms with van der Waals surface area (Å²) in [6.07, 6.45) is 3.97. The maximum atomic E-state index is 9.31. The Labute approximate surface area is 104 Å². The molecule has 1 N–H and O–H groups in total. The molecular weight excluding hydrogens is 216 g/mol. The SMILES string of the molecule is CCCNC1(C#N)CCC(OC(C)COC)C1. The number of hydrogen-bond donors (Lipinski definition) is 1. The summed E-state index contributed by atoms with van der Waals surface area (Å²) in [5.41, 5.74) is -0.368. The second-order valence-electron chi connectivity index (χ2n) is 4.89. The van der Waals surface area contributed by atoms with Gasteiger partial charge in [0.2, 0.25) is 0 Å². The fourth-order valence-corrected chi connectivity index (χ4v) is 2.38. The minimum absolute atomic E-state index is 0.102. The molecule has 4 heteroatoms. The van der Waals surface area contributed by atoms with Gasteiger partial charge in [-0.3, -0.25) is 5.32 Å². The van der Waals surface area contributed by atoms with Crippen LogP contribution >= 0.6 is 0 Å². The van der Waals surface area contributed by atoms with Crippen LogP contribution in [0.25, 0.3) is 0 Å². The zero-order chi connectivity index (χ0) is 12.7. The molecule has 3 atom stereocenters. The van der Waals surface area contributed by atoms with E-state index >= 15 is 0 Å². The predicted octanol–water partition coefficient (Wildman–Crippen LogP) is 1.85. The Hall–Kier alpha value is -0.630. The first-order valence-corrected chi connectivity index (χ1v) is 6.46. The molecule has 1 saturated carbocycles. The highest BCUT2D eigenvalue weighted by molar-refractivity contribution is 5.12. The van der Waals surface area contributed by atoms with E-state index in [4.69, 9.17) is 9.47 Å². The van der Waals surface area contributed by atoms with Crippen molar-refractivity contribution in [3.63, 3.8) is 0 Å². The summed E-state index contributed by atoms with van der Waals surface area (Å²) >= 11 is 0. The van der Waals surface area contributed by atoms with Gasteiger partial charge in [0.05, 0.1) is 24.9 Å². The largest absolute Gasteiger partial charge is 0.382 e. The van der Waals surface area contributed by atoms with Gasteiger partial charge in [-0.05, 0) is 32.7 Å². The van der Waals surface area contributed by atoms with Crippen molar-refractivity contribution < 1.29 is 9.47 Å². The molecule has 0 amide bonds. The zero-order valence-corrected chi connectivity index (χ0v) is 11.2. The van der Waals surface area contributed by atoms with E-state index in [0.29, 0.717) is 6.61 Å². The van der Waals surface area contributed by atoms with Gasteiger partial charge in [0.25, 0.3) is 0 Å². The summed E-state index contributed by atoms with van der Waals surface area (Å²) in [5, 5.41) is 12.7. The fourth-order valence-electron chi connectivity index (χ4n) is 2.38. The molecule has 4 nitrogen and oxygen atoms in total. The van der Waals surface area contributed by atoms with E-state index in [1.807, 2.05) is 6.92 Å². The van der Waals surface area contributed by atoms with E-state index < -0.39 is 0 Å². The highest BCUT2D eigenvalue weighted by Crippen LogP contribution is 2.32. The van der Waals surface area contributed by atoms with E-state index in [-0.39, 0.29) is 17.7 Å². The first-order chi connectivity index (χ1) is 8.15. The molecule has 1 rings (SSSR count). The fraction of sp³-hybridized carbons (Fsp3) is 0.923. The normalized spacial score (nSPS) is 30.1. The number of nitriles is 1. The maximum Gasteiger partial charge on any atom is 0.109 e. The standard InChI is InChI=1S/C13H24N2O2/c1-4-7-15-13(10-14)6-5-12(8-13)17-11(2)9-16-3/h11-12,15H,4-9H2,1-3H3. The monoisotopic (exact) mass is 240 g/mol. The summed E-state index contributed by atoms with van der Waals surface area (Å²) in [6.45, 7) is 5.63. The third kappa shape index (κ3) is 4.27. The molecule has 0 aliphatic heterocycles. The smallest absolute Gasteiger partial charge is 0.109 e. The highest BCUT2D eigenvalue weighted by atomic mass is 16.5. The molecule has 0 aromatic rings. The molecule has 98 valence electrons. The maximum absolute atomic E-state index is 9.31. The third-order valence-electron chi connectivity index (χ3n) is 3.22. The zero-order valence-electron chi connectivity index (χ0n) is 11.2. The molecule has 0 aromatic carbocycles. The highest BCUT2D eigenvalue weighted by Gasteiger charge is 2.39. The van der Waals surface area contributed by atoms with Crippen LogP contribution in [0.1, 0.15) is 39.5 Å². The summed E-state index contributed by atoms with van der Waals surface area (Å²) in [6, 6.07) is 2.43. The molecule has 0 aromatic heterocycles. The van der Waals surface area contributed by atoms with E-state index in [2.05, 4.69) is 18.3 Å². The van der Waals surface area contributed by atoms with Crippen LogP contribution in [0.3, 0.4) is 0 Å². The van der Waals surface area contributed by atoms with Crippen molar-refractivity contribution in [2.45, 2.75) is 57.3 Å². The molecular formula is C13H24N2O2. The lowest BCUT2D eigenvalue weighted by Crippen LogP contribution is -2.42. The number of hydrogen-bond acceptors (Lipinski definition) is 4. The van der Waals surface area contributed by atoms with Crippen LogP contribution < -0.4 is 5.32 Å². The minimum Gasteiger partial charge on any atom is -0.382 e. The van der Waals surface area contributed by atoms with Crippen molar-refractivity contribution in [2.75, 3.05) is 20.3 Å². The van der Waals surface area contributed by atoms with Crippen molar-refractivity contribution in [1.82, 2.24) is 5.32 Å². The topological polar surface area (TPSA) is 54.3 Å². The molecule has 17 heavy (non-hydrogen) atoms. The predicted molar refractivity (Wildman–Crippen MR) is 66.7 cm³/mol. The van der Waals surface area contributed by atoms with E-state index in [1.54, 1.807) is 7.11 Å². The number of rotatable bonds is 7. The lowest BCUT2D eigenvalue weighted by atomic mass is 9.99. The summed E-state index contributed by atoms with van der Waals surface area (Å²) in [5.74, 6) is 0. The van der Waals surface area contributed by atoms with Crippen molar-refractivity contribution in [3.05, 3.63) is 0 Å². The summed E-state index contributed by atoms with van der Waals surface area (Å²) < 4.78 is 10.9. The summed E-state index contributed by atoms with van der Waals surface area (Å²) in [7, 11) is 1.68. The van der Waals surface area contributed by atoms with Gasteiger partial charge >= 0.3 is 0 Å². The van der Waals surface area contributed by atoms with Gasteiger partial charge in [0.1, 0.15) is 5.54 Å². The Bertz CT molecular complexity index is 265. The first-order valence-electron chi connectivity index (χ1n) is 6.46. The van der Waals surface area contributed by atoms with Crippen molar-refractivity contribution >= 4 is 0 Å². The third-order valence-corrected chi connectivity index (χ3v) is 3.22. The molecule has 0 bridgehead atoms. The number of nitrogens with one attached hydrogen (secondary N) is 1. The van der Waals surface area contributed by atoms with Gasteiger partial charge in [0.15, 0.2) is 0 Å². The number of methoxy groups -OCH3 is 1. The Morgan fingerprint density at radius 3 is 2.94 bits per heavy atom. The van der Waals surface area contributed by atoms with Gasteiger partial charge in [-0.15, -0.1) is 0 Å². The number of nitrogens with zero attached hydrogens (tertiary/aromatic N) is 1. The second-order valence-corrected chi connectivity index (χ2v) is 4.89. The van der Waals surface area contributed by atoms with Gasteiger partial charge < -0.3 is 9.47 Å². The first kappa shape index (κ1) is 14.4. The van der Waals surface area contributed by atoms with Crippen LogP contribution in [0.15, 0.2) is 0 Å². The molecule has 0 saturated heterocycles. The summed E-state index contributed by atoms with van der Waals surface area (Å²) in [4.78, 5) is 0. The van der Waals surface area contributed by atoms with E-state index in [1.165, 1.54) is 0 Å². The Balaban J connectivity index is 2.41. The molecule has 1 aliphatic rings. The Morgan fingerprint density at radius 2 is 2.35 bits per heavy atom.